The Bertz CT molecular complexity index is 679. The van der Waals surface area contributed by atoms with Gasteiger partial charge in [-0.15, -0.1) is 0 Å². The Morgan fingerprint density at radius 3 is 2.59 bits per heavy atom. The topological polar surface area (TPSA) is 95.9 Å². The second-order valence-electron chi connectivity index (χ2n) is 7.54. The van der Waals surface area contributed by atoms with Crippen LogP contribution in [0.1, 0.15) is 51.5 Å². The highest BCUT2D eigenvalue weighted by molar-refractivity contribution is 5.86. The van der Waals surface area contributed by atoms with E-state index in [-0.39, 0.29) is 31.1 Å². The first-order valence-electron chi connectivity index (χ1n) is 10.4. The number of hydrogen-bond acceptors (Lipinski definition) is 5. The molecule has 3 unspecified atom stereocenters. The highest BCUT2D eigenvalue weighted by atomic mass is 16.5. The molecule has 1 aliphatic heterocycles. The lowest BCUT2D eigenvalue weighted by Gasteiger charge is -2.35. The summed E-state index contributed by atoms with van der Waals surface area (Å²) in [6.45, 7) is 3.57. The highest BCUT2D eigenvalue weighted by Crippen LogP contribution is 2.19. The zero-order valence-electron chi connectivity index (χ0n) is 17.3. The van der Waals surface area contributed by atoms with Gasteiger partial charge in [-0.1, -0.05) is 43.2 Å². The first-order chi connectivity index (χ1) is 13.9. The Kier molecular flexibility index (Phi) is 9.12. The molecule has 1 fully saturated rings. The van der Waals surface area contributed by atoms with Gasteiger partial charge < -0.3 is 14.7 Å². The van der Waals surface area contributed by atoms with E-state index < -0.39 is 18.1 Å². The van der Waals surface area contributed by atoms with Crippen LogP contribution in [0.2, 0.25) is 0 Å². The van der Waals surface area contributed by atoms with Gasteiger partial charge in [0, 0.05) is 6.04 Å². The monoisotopic (exact) mass is 404 g/mol. The van der Waals surface area contributed by atoms with Crippen molar-refractivity contribution >= 4 is 17.8 Å². The number of carboxylic acid groups (broad SMARTS) is 1. The Morgan fingerprint density at radius 2 is 1.93 bits per heavy atom. The molecular weight excluding hydrogens is 372 g/mol. The fourth-order valence-electron chi connectivity index (χ4n) is 3.73. The summed E-state index contributed by atoms with van der Waals surface area (Å²) in [5.74, 6) is -1.67. The van der Waals surface area contributed by atoms with E-state index in [4.69, 9.17) is 4.74 Å². The van der Waals surface area contributed by atoms with Gasteiger partial charge in [0.15, 0.2) is 0 Å². The highest BCUT2D eigenvalue weighted by Gasteiger charge is 2.33. The van der Waals surface area contributed by atoms with E-state index in [0.717, 1.165) is 24.8 Å². The van der Waals surface area contributed by atoms with Crippen LogP contribution in [-0.4, -0.2) is 59.1 Å². The molecule has 1 saturated heterocycles. The smallest absolute Gasteiger partial charge is 0.323 e. The number of esters is 1. The molecule has 0 saturated carbocycles. The molecule has 1 aromatic rings. The molecule has 0 aliphatic carbocycles. The van der Waals surface area contributed by atoms with Crippen molar-refractivity contribution in [3.63, 3.8) is 0 Å². The van der Waals surface area contributed by atoms with E-state index in [1.807, 2.05) is 37.3 Å². The van der Waals surface area contributed by atoms with Crippen molar-refractivity contribution in [1.29, 1.82) is 0 Å². The lowest BCUT2D eigenvalue weighted by atomic mass is 9.97. The molecule has 29 heavy (non-hydrogen) atoms. The molecule has 7 heteroatoms. The molecule has 0 radical (unpaired) electrons. The van der Waals surface area contributed by atoms with Crippen LogP contribution in [0.15, 0.2) is 30.3 Å². The average molecular weight is 405 g/mol. The molecule has 0 bridgehead atoms. The van der Waals surface area contributed by atoms with Gasteiger partial charge in [0.25, 0.3) is 0 Å². The molecule has 1 heterocycles. The number of aryl methyl sites for hydroxylation is 1. The fraction of sp³-hybridized carbons (Fsp3) is 0.591. The van der Waals surface area contributed by atoms with E-state index in [1.165, 1.54) is 4.90 Å². The van der Waals surface area contributed by atoms with Crippen molar-refractivity contribution in [2.24, 2.45) is 0 Å². The maximum atomic E-state index is 13.1. The number of rotatable bonds is 9. The van der Waals surface area contributed by atoms with Gasteiger partial charge >= 0.3 is 11.9 Å². The summed E-state index contributed by atoms with van der Waals surface area (Å²) in [6, 6.07) is 8.48. The summed E-state index contributed by atoms with van der Waals surface area (Å²) in [4.78, 5) is 38.3. The zero-order valence-corrected chi connectivity index (χ0v) is 17.3. The predicted octanol–water partition coefficient (Wildman–Crippen LogP) is 2.38. The van der Waals surface area contributed by atoms with E-state index in [2.05, 4.69) is 5.32 Å². The van der Waals surface area contributed by atoms with E-state index in [0.29, 0.717) is 19.3 Å². The predicted molar refractivity (Wildman–Crippen MR) is 109 cm³/mol. The van der Waals surface area contributed by atoms with Gasteiger partial charge in [-0.05, 0) is 45.1 Å². The lowest BCUT2D eigenvalue weighted by molar-refractivity contribution is -0.150. The maximum Gasteiger partial charge on any atom is 0.323 e. The number of nitrogens with one attached hydrogen (secondary N) is 1. The van der Waals surface area contributed by atoms with Crippen molar-refractivity contribution < 1.29 is 24.2 Å². The van der Waals surface area contributed by atoms with E-state index in [9.17, 15) is 19.5 Å². The maximum absolute atomic E-state index is 13.1. The van der Waals surface area contributed by atoms with Crippen LogP contribution in [0.25, 0.3) is 0 Å². The lowest BCUT2D eigenvalue weighted by Crippen LogP contribution is -2.56. The number of hydrogen-bond donors (Lipinski definition) is 2. The Labute approximate surface area is 172 Å². The zero-order chi connectivity index (χ0) is 21.2. The van der Waals surface area contributed by atoms with Gasteiger partial charge in [0.1, 0.15) is 12.6 Å². The van der Waals surface area contributed by atoms with Crippen LogP contribution >= 0.6 is 0 Å². The third-order valence-electron chi connectivity index (χ3n) is 5.32. The van der Waals surface area contributed by atoms with Gasteiger partial charge in [0.2, 0.25) is 5.91 Å². The number of amides is 1. The first kappa shape index (κ1) is 22.9. The number of carbonyl (C=O) groups is 3. The summed E-state index contributed by atoms with van der Waals surface area (Å²) in [7, 11) is 0. The first-order valence-corrected chi connectivity index (χ1v) is 10.4. The van der Waals surface area contributed by atoms with Gasteiger partial charge in [0.05, 0.1) is 12.6 Å². The summed E-state index contributed by atoms with van der Waals surface area (Å²) >= 11 is 0. The Balaban J connectivity index is 2.13. The van der Waals surface area contributed by atoms with Crippen molar-refractivity contribution in [2.75, 3.05) is 13.2 Å². The minimum absolute atomic E-state index is 0.145. The van der Waals surface area contributed by atoms with Crippen LogP contribution in [0.4, 0.5) is 0 Å². The summed E-state index contributed by atoms with van der Waals surface area (Å²) in [5.41, 5.74) is 1.11. The molecule has 3 atom stereocenters. The average Bonchev–Trinajstić information content (AvgIpc) is 2.70. The minimum Gasteiger partial charge on any atom is -0.480 e. The normalized spacial score (nSPS) is 21.2. The van der Waals surface area contributed by atoms with Gasteiger partial charge in [-0.2, -0.15) is 0 Å². The Morgan fingerprint density at radius 1 is 1.24 bits per heavy atom. The van der Waals surface area contributed by atoms with Crippen molar-refractivity contribution in [2.45, 2.75) is 70.5 Å². The van der Waals surface area contributed by atoms with E-state index in [1.54, 1.807) is 6.92 Å². The quantitative estimate of drug-likeness (QED) is 0.614. The van der Waals surface area contributed by atoms with Crippen LogP contribution in [0, 0.1) is 0 Å². The SMILES string of the molecule is CCOC(=O)C(CCc1ccccc1)NC1CCCCC(C)N(CC(=O)O)C1=O. The van der Waals surface area contributed by atoms with Crippen LogP contribution < -0.4 is 5.32 Å². The largest absolute Gasteiger partial charge is 0.480 e. The van der Waals surface area contributed by atoms with Crippen molar-refractivity contribution in [3.05, 3.63) is 35.9 Å². The number of benzene rings is 1. The molecule has 1 amide bonds. The van der Waals surface area contributed by atoms with Crippen molar-refractivity contribution in [3.8, 4) is 0 Å². The molecule has 0 spiro atoms. The number of aliphatic carboxylic acids is 1. The minimum atomic E-state index is -1.03. The molecule has 2 N–H and O–H groups in total. The third kappa shape index (κ3) is 7.16. The fourth-order valence-corrected chi connectivity index (χ4v) is 3.73. The van der Waals surface area contributed by atoms with Gasteiger partial charge in [-0.3, -0.25) is 19.7 Å². The molecule has 2 rings (SSSR count). The second kappa shape index (κ2) is 11.6. The molecule has 1 aromatic carbocycles. The third-order valence-corrected chi connectivity index (χ3v) is 5.32. The van der Waals surface area contributed by atoms with E-state index >= 15 is 0 Å². The number of ether oxygens (including phenoxy) is 1. The van der Waals surface area contributed by atoms with Crippen LogP contribution in [0.5, 0.6) is 0 Å². The molecule has 160 valence electrons. The molecule has 1 aliphatic rings. The van der Waals surface area contributed by atoms with Crippen LogP contribution in [0.3, 0.4) is 0 Å². The van der Waals surface area contributed by atoms with Gasteiger partial charge in [-0.25, -0.2) is 0 Å². The number of likely N-dealkylation sites (tertiary alicyclic amines) is 1. The summed E-state index contributed by atoms with van der Waals surface area (Å²) < 4.78 is 5.22. The van der Waals surface area contributed by atoms with Crippen LogP contribution in [-0.2, 0) is 25.5 Å². The number of nitrogens with zero attached hydrogens (tertiary/aromatic N) is 1. The molecule has 7 nitrogen and oxygen atoms in total. The summed E-state index contributed by atoms with van der Waals surface area (Å²) in [5, 5.41) is 12.4. The number of carboxylic acids is 1. The number of carbonyl (C=O) groups excluding carboxylic acids is 2. The second-order valence-corrected chi connectivity index (χ2v) is 7.54. The summed E-state index contributed by atoms with van der Waals surface area (Å²) in [6.07, 6.45) is 4.29. The molecular formula is C22H32N2O5. The Hall–Kier alpha value is -2.41. The standard InChI is InChI=1S/C22H32N2O5/c1-3-29-22(28)19(14-13-17-10-5-4-6-11-17)23-18-12-8-7-9-16(2)24(21(18)27)15-20(25)26/h4-6,10-11,16,18-19,23H,3,7-9,12-15H2,1-2H3,(H,25,26). The molecule has 0 aromatic heterocycles. The van der Waals surface area contributed by atoms with Crippen molar-refractivity contribution in [1.82, 2.24) is 10.2 Å².